The number of urea groups is 1. The Kier molecular flexibility index (Phi) is 6.26. The van der Waals surface area contributed by atoms with Crippen molar-refractivity contribution in [1.29, 1.82) is 0 Å². The number of carbonyl (C=O) groups excluding carboxylic acids is 1. The van der Waals surface area contributed by atoms with E-state index in [2.05, 4.69) is 5.32 Å². The molecule has 1 atom stereocenters. The fourth-order valence-electron chi connectivity index (χ4n) is 2.37. The predicted octanol–water partition coefficient (Wildman–Crippen LogP) is 3.77. The molecule has 4 nitrogen and oxygen atoms in total. The lowest BCUT2D eigenvalue weighted by molar-refractivity contribution is 0.169. The molecule has 2 amide bonds. The van der Waals surface area contributed by atoms with E-state index in [1.54, 1.807) is 0 Å². The summed E-state index contributed by atoms with van der Waals surface area (Å²) >= 11 is 0. The second-order valence-corrected chi connectivity index (χ2v) is 5.56. The Bertz CT molecular complexity index is 660. The maximum Gasteiger partial charge on any atom is 0.322 e. The fraction of sp³-hybridized carbons (Fsp3) is 0.278. The molecule has 0 aromatic heterocycles. The summed E-state index contributed by atoms with van der Waals surface area (Å²) in [6.07, 6.45) is 0.401. The Morgan fingerprint density at radius 1 is 1.17 bits per heavy atom. The number of anilines is 1. The zero-order valence-corrected chi connectivity index (χ0v) is 13.4. The minimum absolute atomic E-state index is 0.0479. The number of nitrogens with one attached hydrogen (secondary N) is 1. The van der Waals surface area contributed by atoms with Gasteiger partial charge in [-0.1, -0.05) is 30.3 Å². The van der Waals surface area contributed by atoms with Gasteiger partial charge in [0.15, 0.2) is 0 Å². The van der Waals surface area contributed by atoms with Gasteiger partial charge in [-0.15, -0.1) is 0 Å². The van der Waals surface area contributed by atoms with Crippen LogP contribution in [0.4, 0.5) is 19.3 Å². The SMILES string of the molecule is CC(CCO)N(Cc1ccccc1)C(=O)Nc1cc(F)cc(F)c1. The van der Waals surface area contributed by atoms with Gasteiger partial charge < -0.3 is 15.3 Å². The van der Waals surface area contributed by atoms with Crippen molar-refractivity contribution in [1.82, 2.24) is 4.90 Å². The van der Waals surface area contributed by atoms with E-state index in [-0.39, 0.29) is 18.3 Å². The third-order valence-electron chi connectivity index (χ3n) is 3.65. The topological polar surface area (TPSA) is 52.6 Å². The number of hydrogen-bond acceptors (Lipinski definition) is 2. The van der Waals surface area contributed by atoms with Gasteiger partial charge in [0.05, 0.1) is 0 Å². The highest BCUT2D eigenvalue weighted by molar-refractivity contribution is 5.89. The van der Waals surface area contributed by atoms with Crippen LogP contribution in [0.2, 0.25) is 0 Å². The molecule has 0 fully saturated rings. The van der Waals surface area contributed by atoms with Gasteiger partial charge in [0.2, 0.25) is 0 Å². The number of aliphatic hydroxyl groups is 1. The van der Waals surface area contributed by atoms with Gasteiger partial charge >= 0.3 is 6.03 Å². The third kappa shape index (κ3) is 5.03. The molecule has 2 N–H and O–H groups in total. The first-order valence-corrected chi connectivity index (χ1v) is 7.68. The molecular weight excluding hydrogens is 314 g/mol. The van der Waals surface area contributed by atoms with Gasteiger partial charge in [-0.05, 0) is 31.0 Å². The Labute approximate surface area is 139 Å². The number of benzene rings is 2. The molecule has 0 heterocycles. The monoisotopic (exact) mass is 334 g/mol. The van der Waals surface area contributed by atoms with E-state index < -0.39 is 17.7 Å². The zero-order chi connectivity index (χ0) is 17.5. The van der Waals surface area contributed by atoms with Crippen molar-refractivity contribution in [2.75, 3.05) is 11.9 Å². The van der Waals surface area contributed by atoms with Crippen LogP contribution in [0, 0.1) is 11.6 Å². The summed E-state index contributed by atoms with van der Waals surface area (Å²) < 4.78 is 26.5. The lowest BCUT2D eigenvalue weighted by atomic mass is 10.1. The average molecular weight is 334 g/mol. The molecule has 2 rings (SSSR count). The first kappa shape index (κ1) is 17.9. The standard InChI is InChI=1S/C18H20F2N2O2/c1-13(7-8-23)22(12-14-5-3-2-4-6-14)18(24)21-17-10-15(19)9-16(20)11-17/h2-6,9-11,13,23H,7-8,12H2,1H3,(H,21,24). The highest BCUT2D eigenvalue weighted by Crippen LogP contribution is 2.16. The second-order valence-electron chi connectivity index (χ2n) is 5.56. The van der Waals surface area contributed by atoms with E-state index in [0.717, 1.165) is 23.8 Å². The number of nitrogens with zero attached hydrogens (tertiary/aromatic N) is 1. The number of aliphatic hydroxyl groups excluding tert-OH is 1. The van der Waals surface area contributed by atoms with Crippen molar-refractivity contribution in [3.05, 3.63) is 65.7 Å². The summed E-state index contributed by atoms with van der Waals surface area (Å²) in [5.41, 5.74) is 0.967. The van der Waals surface area contributed by atoms with Crippen LogP contribution in [0.3, 0.4) is 0 Å². The van der Waals surface area contributed by atoms with Crippen molar-refractivity contribution in [3.63, 3.8) is 0 Å². The van der Waals surface area contributed by atoms with Crippen LogP contribution in [0.15, 0.2) is 48.5 Å². The maximum atomic E-state index is 13.3. The van der Waals surface area contributed by atoms with E-state index >= 15 is 0 Å². The fourth-order valence-corrected chi connectivity index (χ4v) is 2.37. The van der Waals surface area contributed by atoms with E-state index in [0.29, 0.717) is 13.0 Å². The molecule has 1 unspecified atom stereocenters. The van der Waals surface area contributed by atoms with Gasteiger partial charge in [-0.3, -0.25) is 0 Å². The molecule has 128 valence electrons. The highest BCUT2D eigenvalue weighted by atomic mass is 19.1. The molecule has 0 saturated heterocycles. The van der Waals surface area contributed by atoms with Crippen molar-refractivity contribution >= 4 is 11.7 Å². The molecule has 6 heteroatoms. The molecule has 0 bridgehead atoms. The lowest BCUT2D eigenvalue weighted by Crippen LogP contribution is -2.41. The third-order valence-corrected chi connectivity index (χ3v) is 3.65. The van der Waals surface area contributed by atoms with E-state index in [1.165, 1.54) is 4.90 Å². The summed E-state index contributed by atoms with van der Waals surface area (Å²) in [7, 11) is 0. The minimum atomic E-state index is -0.761. The lowest BCUT2D eigenvalue weighted by Gasteiger charge is -2.29. The summed E-state index contributed by atoms with van der Waals surface area (Å²) in [5, 5.41) is 11.6. The van der Waals surface area contributed by atoms with E-state index in [1.807, 2.05) is 37.3 Å². The smallest absolute Gasteiger partial charge is 0.322 e. The molecule has 0 spiro atoms. The normalized spacial score (nSPS) is 11.8. The molecule has 2 aromatic rings. The Morgan fingerprint density at radius 3 is 2.38 bits per heavy atom. The summed E-state index contributed by atoms with van der Waals surface area (Å²) in [6, 6.07) is 11.5. The first-order chi connectivity index (χ1) is 11.5. The van der Waals surface area contributed by atoms with E-state index in [9.17, 15) is 13.6 Å². The minimum Gasteiger partial charge on any atom is -0.396 e. The maximum absolute atomic E-state index is 13.3. The van der Waals surface area contributed by atoms with Crippen LogP contribution in [0.1, 0.15) is 18.9 Å². The molecule has 0 radical (unpaired) electrons. The van der Waals surface area contributed by atoms with Crippen molar-refractivity contribution in [3.8, 4) is 0 Å². The molecule has 2 aromatic carbocycles. The van der Waals surface area contributed by atoms with Crippen LogP contribution >= 0.6 is 0 Å². The average Bonchev–Trinajstić information content (AvgIpc) is 2.52. The molecule has 24 heavy (non-hydrogen) atoms. The molecular formula is C18H20F2N2O2. The number of amides is 2. The molecule has 0 aliphatic carbocycles. The molecule has 0 aliphatic rings. The number of carbonyl (C=O) groups is 1. The van der Waals surface area contributed by atoms with E-state index in [4.69, 9.17) is 5.11 Å². The summed E-state index contributed by atoms with van der Waals surface area (Å²) in [4.78, 5) is 14.1. The Balaban J connectivity index is 2.17. The number of hydrogen-bond donors (Lipinski definition) is 2. The number of rotatable bonds is 6. The molecule has 0 aliphatic heterocycles. The Morgan fingerprint density at radius 2 is 1.79 bits per heavy atom. The van der Waals surface area contributed by atoms with Crippen molar-refractivity contribution in [2.45, 2.75) is 25.9 Å². The van der Waals surface area contributed by atoms with Gasteiger partial charge in [-0.25, -0.2) is 13.6 Å². The largest absolute Gasteiger partial charge is 0.396 e. The highest BCUT2D eigenvalue weighted by Gasteiger charge is 2.20. The van der Waals surface area contributed by atoms with Gasteiger partial charge in [-0.2, -0.15) is 0 Å². The van der Waals surface area contributed by atoms with Crippen molar-refractivity contribution in [2.24, 2.45) is 0 Å². The number of halogens is 2. The second kappa shape index (κ2) is 8.40. The van der Waals surface area contributed by atoms with Crippen molar-refractivity contribution < 1.29 is 18.7 Å². The van der Waals surface area contributed by atoms with Crippen LogP contribution in [-0.2, 0) is 6.54 Å². The zero-order valence-electron chi connectivity index (χ0n) is 13.4. The van der Waals surface area contributed by atoms with Crippen LogP contribution < -0.4 is 5.32 Å². The predicted molar refractivity (Wildman–Crippen MR) is 88.5 cm³/mol. The van der Waals surface area contributed by atoms with Gasteiger partial charge in [0.25, 0.3) is 0 Å². The summed E-state index contributed by atoms with van der Waals surface area (Å²) in [6.45, 7) is 2.07. The quantitative estimate of drug-likeness (QED) is 0.845. The summed E-state index contributed by atoms with van der Waals surface area (Å²) in [5.74, 6) is -1.52. The Hall–Kier alpha value is -2.47. The molecule has 0 saturated carbocycles. The first-order valence-electron chi connectivity index (χ1n) is 7.68. The van der Waals surface area contributed by atoms with Crippen LogP contribution in [0.25, 0.3) is 0 Å². The van der Waals surface area contributed by atoms with Crippen LogP contribution in [0.5, 0.6) is 0 Å². The van der Waals surface area contributed by atoms with Gasteiger partial charge in [0.1, 0.15) is 11.6 Å². The van der Waals surface area contributed by atoms with Crippen LogP contribution in [-0.4, -0.2) is 28.7 Å². The van der Waals surface area contributed by atoms with Gasteiger partial charge in [0, 0.05) is 30.9 Å².